The molecule has 0 aliphatic heterocycles. The highest BCUT2D eigenvalue weighted by Gasteiger charge is 2.31. The number of ether oxygens (including phenoxy) is 1. The van der Waals surface area contributed by atoms with E-state index < -0.39 is 24.2 Å². The van der Waals surface area contributed by atoms with Crippen LogP contribution in [0.1, 0.15) is 18.1 Å². The molecule has 0 aromatic heterocycles. The average Bonchev–Trinajstić information content (AvgIpc) is 2.54. The van der Waals surface area contributed by atoms with Gasteiger partial charge in [0.25, 0.3) is 0 Å². The van der Waals surface area contributed by atoms with E-state index in [1.165, 1.54) is 18.2 Å². The van der Waals surface area contributed by atoms with Gasteiger partial charge in [-0.15, -0.1) is 0 Å². The lowest BCUT2D eigenvalue weighted by Gasteiger charge is -2.24. The summed E-state index contributed by atoms with van der Waals surface area (Å²) in [5, 5.41) is 2.68. The number of nitrogens with one attached hydrogen (secondary N) is 1. The number of halogens is 3. The lowest BCUT2D eigenvalue weighted by molar-refractivity contribution is -0.153. The number of carbonyl (C=O) groups is 1. The molecule has 1 unspecified atom stereocenters. The number of aryl methyl sites for hydroxylation is 1. The van der Waals surface area contributed by atoms with Gasteiger partial charge in [-0.3, -0.25) is 4.79 Å². The molecule has 2 rings (SSSR count). The molecule has 134 valence electrons. The standard InChI is InChI=1S/C18H19F3N2O2/c1-12-10-14(8-9-15(12)25-11-18(19,20)21)23-16(24)17(2,22)13-6-4-3-5-7-13/h3-10H,11,22H2,1-2H3,(H,23,24). The Kier molecular flexibility index (Phi) is 5.37. The molecule has 4 nitrogen and oxygen atoms in total. The number of anilines is 1. The van der Waals surface area contributed by atoms with E-state index in [1.54, 1.807) is 38.1 Å². The van der Waals surface area contributed by atoms with Gasteiger partial charge in [0.2, 0.25) is 5.91 Å². The first-order chi connectivity index (χ1) is 11.6. The summed E-state index contributed by atoms with van der Waals surface area (Å²) in [7, 11) is 0. The minimum atomic E-state index is -4.41. The molecule has 0 heterocycles. The topological polar surface area (TPSA) is 64.4 Å². The van der Waals surface area contributed by atoms with E-state index in [2.05, 4.69) is 5.32 Å². The molecule has 2 aromatic rings. The van der Waals surface area contributed by atoms with Crippen LogP contribution in [-0.4, -0.2) is 18.7 Å². The molecule has 7 heteroatoms. The SMILES string of the molecule is Cc1cc(NC(=O)C(C)(N)c2ccccc2)ccc1OCC(F)(F)F. The first-order valence-electron chi connectivity index (χ1n) is 7.55. The van der Waals surface area contributed by atoms with Crippen molar-refractivity contribution in [3.8, 4) is 5.75 Å². The minimum absolute atomic E-state index is 0.105. The summed E-state index contributed by atoms with van der Waals surface area (Å²) >= 11 is 0. The maximum absolute atomic E-state index is 12.5. The van der Waals surface area contributed by atoms with Gasteiger partial charge in [0, 0.05) is 5.69 Å². The Labute approximate surface area is 143 Å². The van der Waals surface area contributed by atoms with Gasteiger partial charge < -0.3 is 15.8 Å². The van der Waals surface area contributed by atoms with Crippen molar-refractivity contribution in [3.63, 3.8) is 0 Å². The lowest BCUT2D eigenvalue weighted by atomic mass is 9.92. The van der Waals surface area contributed by atoms with Gasteiger partial charge in [-0.1, -0.05) is 30.3 Å². The predicted molar refractivity (Wildman–Crippen MR) is 89.3 cm³/mol. The van der Waals surface area contributed by atoms with Crippen LogP contribution in [0.5, 0.6) is 5.75 Å². The highest BCUT2D eigenvalue weighted by atomic mass is 19.4. The van der Waals surface area contributed by atoms with E-state index >= 15 is 0 Å². The summed E-state index contributed by atoms with van der Waals surface area (Å²) in [6.07, 6.45) is -4.41. The fraction of sp³-hybridized carbons (Fsp3) is 0.278. The third-order valence-corrected chi connectivity index (χ3v) is 3.67. The van der Waals surface area contributed by atoms with Crippen molar-refractivity contribution in [2.45, 2.75) is 25.6 Å². The molecular formula is C18H19F3N2O2. The molecule has 1 atom stereocenters. The molecule has 0 aliphatic carbocycles. The molecule has 0 radical (unpaired) electrons. The Morgan fingerprint density at radius 1 is 1.16 bits per heavy atom. The monoisotopic (exact) mass is 352 g/mol. The molecule has 0 bridgehead atoms. The second kappa shape index (κ2) is 7.14. The number of rotatable bonds is 5. The van der Waals surface area contributed by atoms with Crippen LogP contribution in [0, 0.1) is 6.92 Å². The quantitative estimate of drug-likeness (QED) is 0.861. The Morgan fingerprint density at radius 2 is 1.80 bits per heavy atom. The number of hydrogen-bond acceptors (Lipinski definition) is 3. The van der Waals surface area contributed by atoms with Crippen LogP contribution in [0.2, 0.25) is 0 Å². The summed E-state index contributed by atoms with van der Waals surface area (Å²) in [6.45, 7) is 1.82. The summed E-state index contributed by atoms with van der Waals surface area (Å²) in [6, 6.07) is 13.3. The zero-order valence-electron chi connectivity index (χ0n) is 13.9. The molecule has 0 saturated heterocycles. The van der Waals surface area contributed by atoms with Gasteiger partial charge in [-0.25, -0.2) is 0 Å². The summed E-state index contributed by atoms with van der Waals surface area (Å²) < 4.78 is 41.4. The van der Waals surface area contributed by atoms with Crippen molar-refractivity contribution in [1.29, 1.82) is 0 Å². The van der Waals surface area contributed by atoms with Crippen molar-refractivity contribution in [1.82, 2.24) is 0 Å². The number of nitrogens with two attached hydrogens (primary N) is 1. The number of carbonyl (C=O) groups excluding carboxylic acids is 1. The van der Waals surface area contributed by atoms with Gasteiger partial charge in [0.05, 0.1) is 0 Å². The Balaban J connectivity index is 2.10. The third-order valence-electron chi connectivity index (χ3n) is 3.67. The van der Waals surface area contributed by atoms with Crippen molar-refractivity contribution in [3.05, 3.63) is 59.7 Å². The first-order valence-corrected chi connectivity index (χ1v) is 7.55. The van der Waals surface area contributed by atoms with Gasteiger partial charge in [0.1, 0.15) is 11.3 Å². The van der Waals surface area contributed by atoms with Gasteiger partial charge in [0.15, 0.2) is 6.61 Å². The highest BCUT2D eigenvalue weighted by molar-refractivity contribution is 5.98. The number of alkyl halides is 3. The van der Waals surface area contributed by atoms with Crippen LogP contribution in [0.25, 0.3) is 0 Å². The van der Waals surface area contributed by atoms with E-state index in [0.717, 1.165) is 0 Å². The summed E-state index contributed by atoms with van der Waals surface area (Å²) in [4.78, 5) is 12.5. The summed E-state index contributed by atoms with van der Waals surface area (Å²) in [5.74, 6) is -0.323. The number of benzene rings is 2. The minimum Gasteiger partial charge on any atom is -0.484 e. The maximum Gasteiger partial charge on any atom is 0.422 e. The molecule has 3 N–H and O–H groups in total. The first kappa shape index (κ1) is 18.8. The predicted octanol–water partition coefficient (Wildman–Crippen LogP) is 3.75. The summed E-state index contributed by atoms with van der Waals surface area (Å²) in [5.41, 5.74) is 6.43. The molecule has 0 aliphatic rings. The van der Waals surface area contributed by atoms with E-state index in [-0.39, 0.29) is 5.75 Å². The largest absolute Gasteiger partial charge is 0.484 e. The zero-order valence-corrected chi connectivity index (χ0v) is 13.9. The van der Waals surface area contributed by atoms with Crippen LogP contribution in [0.4, 0.5) is 18.9 Å². The van der Waals surface area contributed by atoms with E-state index in [9.17, 15) is 18.0 Å². The van der Waals surface area contributed by atoms with Crippen molar-refractivity contribution in [2.24, 2.45) is 5.73 Å². The number of hydrogen-bond donors (Lipinski definition) is 2. The smallest absolute Gasteiger partial charge is 0.422 e. The maximum atomic E-state index is 12.5. The Bertz CT molecular complexity index is 744. The Hall–Kier alpha value is -2.54. The molecule has 1 amide bonds. The third kappa shape index (κ3) is 4.96. The van der Waals surface area contributed by atoms with Gasteiger partial charge >= 0.3 is 6.18 Å². The lowest BCUT2D eigenvalue weighted by Crippen LogP contribution is -2.45. The van der Waals surface area contributed by atoms with Crippen LogP contribution in [-0.2, 0) is 10.3 Å². The molecular weight excluding hydrogens is 333 g/mol. The van der Waals surface area contributed by atoms with Crippen molar-refractivity contribution in [2.75, 3.05) is 11.9 Å². The van der Waals surface area contributed by atoms with Crippen LogP contribution in [0.15, 0.2) is 48.5 Å². The zero-order chi connectivity index (χ0) is 18.7. The van der Waals surface area contributed by atoms with Gasteiger partial charge in [-0.2, -0.15) is 13.2 Å². The average molecular weight is 352 g/mol. The van der Waals surface area contributed by atoms with Gasteiger partial charge in [-0.05, 0) is 43.2 Å². The molecule has 2 aromatic carbocycles. The number of amides is 1. The Morgan fingerprint density at radius 3 is 2.36 bits per heavy atom. The molecule has 0 spiro atoms. The normalized spacial score (nSPS) is 13.8. The fourth-order valence-corrected chi connectivity index (χ4v) is 2.23. The molecule has 25 heavy (non-hydrogen) atoms. The van der Waals surface area contributed by atoms with Crippen LogP contribution >= 0.6 is 0 Å². The van der Waals surface area contributed by atoms with E-state index in [1.807, 2.05) is 6.07 Å². The van der Waals surface area contributed by atoms with E-state index in [4.69, 9.17) is 10.5 Å². The second-order valence-corrected chi connectivity index (χ2v) is 5.91. The van der Waals surface area contributed by atoms with Crippen LogP contribution < -0.4 is 15.8 Å². The molecule has 0 fully saturated rings. The van der Waals surface area contributed by atoms with Crippen LogP contribution in [0.3, 0.4) is 0 Å². The highest BCUT2D eigenvalue weighted by Crippen LogP contribution is 2.26. The van der Waals surface area contributed by atoms with Crippen molar-refractivity contribution >= 4 is 11.6 Å². The van der Waals surface area contributed by atoms with Crippen molar-refractivity contribution < 1.29 is 22.7 Å². The fourth-order valence-electron chi connectivity index (χ4n) is 2.23. The molecule has 0 saturated carbocycles. The second-order valence-electron chi connectivity index (χ2n) is 5.91. The van der Waals surface area contributed by atoms with E-state index in [0.29, 0.717) is 16.8 Å².